The number of aromatic nitrogens is 1. The second-order valence-electron chi connectivity index (χ2n) is 4.76. The van der Waals surface area contributed by atoms with Crippen molar-refractivity contribution in [2.24, 2.45) is 0 Å². The maximum Gasteiger partial charge on any atom is 0.270 e. The van der Waals surface area contributed by atoms with E-state index in [2.05, 4.69) is 26.2 Å². The van der Waals surface area contributed by atoms with Gasteiger partial charge in [-0.2, -0.15) is 0 Å². The van der Waals surface area contributed by atoms with Crippen LogP contribution in [0.1, 0.15) is 28.0 Å². The van der Waals surface area contributed by atoms with Crippen molar-refractivity contribution in [3.63, 3.8) is 0 Å². The van der Waals surface area contributed by atoms with Crippen molar-refractivity contribution in [1.82, 2.24) is 10.3 Å². The summed E-state index contributed by atoms with van der Waals surface area (Å²) in [7, 11) is 1.61. The number of benzene rings is 1. The van der Waals surface area contributed by atoms with Gasteiger partial charge in [0.1, 0.15) is 10.7 Å². The Kier molecular flexibility index (Phi) is 5.90. The van der Waals surface area contributed by atoms with Crippen LogP contribution >= 0.6 is 27.3 Å². The molecule has 1 heterocycles. The van der Waals surface area contributed by atoms with Gasteiger partial charge in [-0.25, -0.2) is 4.98 Å². The van der Waals surface area contributed by atoms with Crippen LogP contribution in [-0.4, -0.2) is 24.0 Å². The molecule has 1 unspecified atom stereocenters. The number of carbonyl (C=O) groups is 1. The van der Waals surface area contributed by atoms with Crippen molar-refractivity contribution in [2.75, 3.05) is 7.11 Å². The molecule has 0 spiro atoms. The number of nitrogens with one attached hydrogen (secondary N) is 1. The number of thiazole rings is 1. The maximum atomic E-state index is 12.1. The van der Waals surface area contributed by atoms with Gasteiger partial charge in [0.05, 0.1) is 6.61 Å². The van der Waals surface area contributed by atoms with Crippen molar-refractivity contribution in [3.05, 3.63) is 50.4 Å². The minimum absolute atomic E-state index is 0.0475. The Morgan fingerprint density at radius 3 is 2.81 bits per heavy atom. The molecule has 0 saturated heterocycles. The summed E-state index contributed by atoms with van der Waals surface area (Å²) in [5, 5.41) is 5.54. The summed E-state index contributed by atoms with van der Waals surface area (Å²) in [6, 6.07) is 8.15. The second-order valence-corrected chi connectivity index (χ2v) is 6.62. The average Bonchev–Trinajstić information content (AvgIpc) is 2.90. The second kappa shape index (κ2) is 7.68. The van der Waals surface area contributed by atoms with Gasteiger partial charge in [-0.15, -0.1) is 11.3 Å². The zero-order valence-corrected chi connectivity index (χ0v) is 14.3. The molecule has 4 nitrogen and oxygen atoms in total. The van der Waals surface area contributed by atoms with Crippen LogP contribution in [0.4, 0.5) is 0 Å². The van der Waals surface area contributed by atoms with Crippen LogP contribution in [0, 0.1) is 0 Å². The van der Waals surface area contributed by atoms with Crippen molar-refractivity contribution >= 4 is 33.2 Å². The zero-order chi connectivity index (χ0) is 15.2. The molecule has 1 N–H and O–H groups in total. The van der Waals surface area contributed by atoms with Crippen LogP contribution in [0.2, 0.25) is 0 Å². The van der Waals surface area contributed by atoms with E-state index in [1.807, 2.05) is 31.2 Å². The molecule has 0 aliphatic carbocycles. The number of rotatable bonds is 6. The predicted molar refractivity (Wildman–Crippen MR) is 87.6 cm³/mol. The molecular weight excluding hydrogens is 352 g/mol. The van der Waals surface area contributed by atoms with E-state index in [0.29, 0.717) is 12.3 Å². The van der Waals surface area contributed by atoms with E-state index in [4.69, 9.17) is 4.74 Å². The van der Waals surface area contributed by atoms with Crippen LogP contribution in [0.25, 0.3) is 0 Å². The molecule has 0 bridgehead atoms. The summed E-state index contributed by atoms with van der Waals surface area (Å²) in [5.41, 5.74) is 1.64. The highest BCUT2D eigenvalue weighted by Crippen LogP contribution is 2.13. The van der Waals surface area contributed by atoms with Crippen LogP contribution in [-0.2, 0) is 17.8 Å². The fraction of sp³-hybridized carbons (Fsp3) is 0.333. The van der Waals surface area contributed by atoms with E-state index in [1.165, 1.54) is 16.9 Å². The minimum atomic E-state index is -0.141. The first-order valence-electron chi connectivity index (χ1n) is 6.57. The molecule has 6 heteroatoms. The Morgan fingerprint density at radius 2 is 2.14 bits per heavy atom. The van der Waals surface area contributed by atoms with Gasteiger partial charge in [0.2, 0.25) is 0 Å². The maximum absolute atomic E-state index is 12.1. The first-order valence-corrected chi connectivity index (χ1v) is 8.24. The predicted octanol–water partition coefficient (Wildman–Crippen LogP) is 3.41. The summed E-state index contributed by atoms with van der Waals surface area (Å²) >= 11 is 4.84. The molecular formula is C15H17BrN2O2S. The molecule has 0 aliphatic heterocycles. The number of halogens is 1. The Labute approximate surface area is 136 Å². The number of hydrogen-bond donors (Lipinski definition) is 1. The van der Waals surface area contributed by atoms with E-state index in [-0.39, 0.29) is 11.9 Å². The summed E-state index contributed by atoms with van der Waals surface area (Å²) in [6.45, 7) is 2.43. The molecule has 0 radical (unpaired) electrons. The Morgan fingerprint density at radius 1 is 1.43 bits per heavy atom. The lowest BCUT2D eigenvalue weighted by Crippen LogP contribution is -2.34. The highest BCUT2D eigenvalue weighted by atomic mass is 79.9. The molecule has 1 amide bonds. The van der Waals surface area contributed by atoms with Gasteiger partial charge >= 0.3 is 0 Å². The largest absolute Gasteiger partial charge is 0.378 e. The van der Waals surface area contributed by atoms with Crippen molar-refractivity contribution in [2.45, 2.75) is 26.0 Å². The molecule has 2 aromatic rings. The molecule has 0 saturated carbocycles. The standard InChI is InChI=1S/C15H17BrN2O2S/c1-10(7-11-3-5-12(16)6-4-11)17-15(19)13-9-21-14(18-13)8-20-2/h3-6,9-10H,7-8H2,1-2H3,(H,17,19). The molecule has 0 fully saturated rings. The highest BCUT2D eigenvalue weighted by molar-refractivity contribution is 9.10. The Bertz CT molecular complexity index is 598. The van der Waals surface area contributed by atoms with E-state index in [0.717, 1.165) is 15.9 Å². The first-order chi connectivity index (χ1) is 10.1. The first kappa shape index (κ1) is 16.1. The van der Waals surface area contributed by atoms with Crippen LogP contribution in [0.3, 0.4) is 0 Å². The Hall–Kier alpha value is -1.24. The lowest BCUT2D eigenvalue weighted by Gasteiger charge is -2.13. The molecule has 112 valence electrons. The molecule has 1 aromatic carbocycles. The molecule has 0 aliphatic rings. The number of hydrogen-bond acceptors (Lipinski definition) is 4. The average molecular weight is 369 g/mol. The Balaban J connectivity index is 1.90. The van der Waals surface area contributed by atoms with Crippen LogP contribution in [0.15, 0.2) is 34.1 Å². The smallest absolute Gasteiger partial charge is 0.270 e. The fourth-order valence-electron chi connectivity index (χ4n) is 1.93. The number of amides is 1. The van der Waals surface area contributed by atoms with E-state index in [9.17, 15) is 4.79 Å². The van der Waals surface area contributed by atoms with E-state index < -0.39 is 0 Å². The SMILES string of the molecule is COCc1nc(C(=O)NC(C)Cc2ccc(Br)cc2)cs1. The van der Waals surface area contributed by atoms with Crippen LogP contribution < -0.4 is 5.32 Å². The quantitative estimate of drug-likeness (QED) is 0.849. The fourth-order valence-corrected chi connectivity index (χ4v) is 2.94. The van der Waals surface area contributed by atoms with Gasteiger partial charge < -0.3 is 10.1 Å². The molecule has 1 atom stereocenters. The zero-order valence-electron chi connectivity index (χ0n) is 11.9. The van der Waals surface area contributed by atoms with Crippen molar-refractivity contribution in [1.29, 1.82) is 0 Å². The van der Waals surface area contributed by atoms with Gasteiger partial charge in [0, 0.05) is 23.0 Å². The number of methoxy groups -OCH3 is 1. The minimum Gasteiger partial charge on any atom is -0.378 e. The third-order valence-electron chi connectivity index (χ3n) is 2.88. The number of nitrogens with zero attached hydrogens (tertiary/aromatic N) is 1. The third-order valence-corrected chi connectivity index (χ3v) is 4.24. The van der Waals surface area contributed by atoms with Gasteiger partial charge in [0.15, 0.2) is 0 Å². The normalized spacial score (nSPS) is 12.1. The topological polar surface area (TPSA) is 51.2 Å². The van der Waals surface area contributed by atoms with Gasteiger partial charge in [-0.1, -0.05) is 28.1 Å². The lowest BCUT2D eigenvalue weighted by atomic mass is 10.1. The lowest BCUT2D eigenvalue weighted by molar-refractivity contribution is 0.0935. The highest BCUT2D eigenvalue weighted by Gasteiger charge is 2.13. The molecule has 21 heavy (non-hydrogen) atoms. The summed E-state index contributed by atoms with van der Waals surface area (Å²) in [4.78, 5) is 16.3. The molecule has 2 rings (SSSR count). The van der Waals surface area contributed by atoms with Gasteiger partial charge in [0.25, 0.3) is 5.91 Å². The third kappa shape index (κ3) is 4.91. The monoisotopic (exact) mass is 368 g/mol. The van der Waals surface area contributed by atoms with Crippen molar-refractivity contribution < 1.29 is 9.53 Å². The van der Waals surface area contributed by atoms with Crippen molar-refractivity contribution in [3.8, 4) is 0 Å². The number of ether oxygens (including phenoxy) is 1. The summed E-state index contributed by atoms with van der Waals surface area (Å²) in [5.74, 6) is -0.141. The van der Waals surface area contributed by atoms with Crippen LogP contribution in [0.5, 0.6) is 0 Å². The molecule has 1 aromatic heterocycles. The number of carbonyl (C=O) groups excluding carboxylic acids is 1. The van der Waals surface area contributed by atoms with Gasteiger partial charge in [-0.05, 0) is 31.0 Å². The van der Waals surface area contributed by atoms with E-state index >= 15 is 0 Å². The summed E-state index contributed by atoms with van der Waals surface area (Å²) < 4.78 is 6.05. The van der Waals surface area contributed by atoms with Gasteiger partial charge in [-0.3, -0.25) is 4.79 Å². The van der Waals surface area contributed by atoms with E-state index in [1.54, 1.807) is 12.5 Å². The summed E-state index contributed by atoms with van der Waals surface area (Å²) in [6.07, 6.45) is 0.786.